The van der Waals surface area contributed by atoms with Crippen molar-refractivity contribution >= 4 is 54.2 Å². The summed E-state index contributed by atoms with van der Waals surface area (Å²) in [6, 6.07) is 9.96. The number of hydrogen-bond acceptors (Lipinski definition) is 5. The highest BCUT2D eigenvalue weighted by Gasteiger charge is 2.24. The van der Waals surface area contributed by atoms with Gasteiger partial charge in [0.2, 0.25) is 0 Å². The summed E-state index contributed by atoms with van der Waals surface area (Å²) in [6.45, 7) is 5.45. The predicted octanol–water partition coefficient (Wildman–Crippen LogP) is 4.72. The Hall–Kier alpha value is -3.09. The second kappa shape index (κ2) is 9.81. The van der Waals surface area contributed by atoms with Crippen molar-refractivity contribution in [2.75, 3.05) is 16.2 Å². The number of sulfonamides is 1. The molecule has 2 N–H and O–H groups in total. The lowest BCUT2D eigenvalue weighted by atomic mass is 10.1. The van der Waals surface area contributed by atoms with Crippen LogP contribution in [0, 0.1) is 26.2 Å². The number of pyridine rings is 1. The third-order valence-electron chi connectivity index (χ3n) is 5.26. The lowest BCUT2D eigenvalue weighted by Crippen LogP contribution is -2.35. The quantitative estimate of drug-likeness (QED) is 0.409. The smallest absolute Gasteiger partial charge is 0.305 e. The molecule has 0 radical (unpaired) electrons. The van der Waals surface area contributed by atoms with Gasteiger partial charge in [-0.05, 0) is 68.3 Å². The molecule has 0 spiro atoms. The van der Waals surface area contributed by atoms with E-state index in [2.05, 4.69) is 31.6 Å². The zero-order valence-electron chi connectivity index (χ0n) is 18.5. The summed E-state index contributed by atoms with van der Waals surface area (Å²) in [6.07, 6.45) is 7.04. The molecular weight excluding hydrogens is 506 g/mol. The SMILES string of the molecule is C#CCN(c1ccc(NS(=O)(=O)c2c(C)cc(Br)cc2C)c2cccnc12)[C@@H](C)CC(=O)O. The monoisotopic (exact) mass is 529 g/mol. The van der Waals surface area contributed by atoms with Crippen molar-refractivity contribution in [3.05, 3.63) is 58.2 Å². The number of hydrogen-bond donors (Lipinski definition) is 2. The lowest BCUT2D eigenvalue weighted by Gasteiger charge is -2.29. The summed E-state index contributed by atoms with van der Waals surface area (Å²) < 4.78 is 30.1. The number of carboxylic acids is 1. The minimum Gasteiger partial charge on any atom is -0.481 e. The van der Waals surface area contributed by atoms with Gasteiger partial charge in [0.1, 0.15) is 0 Å². The van der Waals surface area contributed by atoms with E-state index in [1.165, 1.54) is 0 Å². The molecular formula is C24H24BrN3O4S. The number of carbonyl (C=O) groups is 1. The van der Waals surface area contributed by atoms with Crippen LogP contribution in [0.5, 0.6) is 0 Å². The van der Waals surface area contributed by atoms with Crippen LogP contribution in [-0.4, -0.2) is 37.1 Å². The average molecular weight is 530 g/mol. The molecule has 0 saturated carbocycles. The normalized spacial score (nSPS) is 12.2. The number of benzene rings is 2. The number of aryl methyl sites for hydroxylation is 2. The lowest BCUT2D eigenvalue weighted by molar-refractivity contribution is -0.137. The Bertz CT molecular complexity index is 1340. The van der Waals surface area contributed by atoms with Crippen molar-refractivity contribution in [1.82, 2.24) is 4.98 Å². The number of nitrogens with one attached hydrogen (secondary N) is 1. The largest absolute Gasteiger partial charge is 0.481 e. The van der Waals surface area contributed by atoms with Crippen LogP contribution in [0.4, 0.5) is 11.4 Å². The number of aliphatic carboxylic acids is 1. The highest BCUT2D eigenvalue weighted by molar-refractivity contribution is 9.10. The first-order valence-electron chi connectivity index (χ1n) is 10.1. The van der Waals surface area contributed by atoms with Crippen LogP contribution in [0.25, 0.3) is 10.9 Å². The van der Waals surface area contributed by atoms with Gasteiger partial charge in [-0.3, -0.25) is 14.5 Å². The minimum atomic E-state index is -3.88. The van der Waals surface area contributed by atoms with E-state index in [1.807, 2.05) is 0 Å². The van der Waals surface area contributed by atoms with Gasteiger partial charge in [-0.25, -0.2) is 8.42 Å². The fraction of sp³-hybridized carbons (Fsp3) is 0.250. The Kier molecular flexibility index (Phi) is 7.30. The second-order valence-electron chi connectivity index (χ2n) is 7.78. The first-order valence-corrected chi connectivity index (χ1v) is 12.4. The molecule has 1 heterocycles. The van der Waals surface area contributed by atoms with E-state index < -0.39 is 16.0 Å². The molecule has 0 aliphatic carbocycles. The van der Waals surface area contributed by atoms with Crippen molar-refractivity contribution in [3.63, 3.8) is 0 Å². The summed E-state index contributed by atoms with van der Waals surface area (Å²) in [5, 5.41) is 9.81. The Labute approximate surface area is 202 Å². The topological polar surface area (TPSA) is 99.6 Å². The molecule has 7 nitrogen and oxygen atoms in total. The number of nitrogens with zero attached hydrogens (tertiary/aromatic N) is 2. The van der Waals surface area contributed by atoms with Crippen LogP contribution in [0.2, 0.25) is 0 Å². The molecule has 0 saturated heterocycles. The molecule has 0 fully saturated rings. The standard InChI is InChI=1S/C24H24BrN3O4S/c1-5-11-28(17(4)14-22(29)30)21-9-8-20(19-7-6-10-26-23(19)21)27-33(31,32)24-15(2)12-18(25)13-16(24)3/h1,6-10,12-13,17,27H,11,14H2,2-4H3,(H,29,30)/t17-/m0/s1. The predicted molar refractivity (Wildman–Crippen MR) is 134 cm³/mol. The van der Waals surface area contributed by atoms with Crippen LogP contribution in [0.3, 0.4) is 0 Å². The molecule has 0 unspecified atom stereocenters. The van der Waals surface area contributed by atoms with Crippen LogP contribution in [0.1, 0.15) is 24.5 Å². The first-order chi connectivity index (χ1) is 15.5. The van der Waals surface area contributed by atoms with Gasteiger partial charge >= 0.3 is 5.97 Å². The molecule has 3 aromatic rings. The summed E-state index contributed by atoms with van der Waals surface area (Å²) in [5.74, 6) is 1.63. The van der Waals surface area contributed by atoms with Crippen LogP contribution in [0.15, 0.2) is 52.0 Å². The molecule has 1 atom stereocenters. The summed E-state index contributed by atoms with van der Waals surface area (Å²) >= 11 is 3.39. The van der Waals surface area contributed by atoms with Gasteiger partial charge in [0, 0.05) is 22.1 Å². The van der Waals surface area contributed by atoms with Gasteiger partial charge in [0.15, 0.2) is 0 Å². The van der Waals surface area contributed by atoms with E-state index in [9.17, 15) is 18.3 Å². The Morgan fingerprint density at radius 3 is 2.55 bits per heavy atom. The number of aromatic nitrogens is 1. The number of rotatable bonds is 8. The highest BCUT2D eigenvalue weighted by atomic mass is 79.9. The Morgan fingerprint density at radius 2 is 1.94 bits per heavy atom. The van der Waals surface area contributed by atoms with Crippen LogP contribution in [-0.2, 0) is 14.8 Å². The van der Waals surface area contributed by atoms with E-state index in [0.29, 0.717) is 33.4 Å². The van der Waals surface area contributed by atoms with Crippen molar-refractivity contribution in [3.8, 4) is 12.3 Å². The highest BCUT2D eigenvalue weighted by Crippen LogP contribution is 2.34. The third-order valence-corrected chi connectivity index (χ3v) is 7.39. The fourth-order valence-electron chi connectivity index (χ4n) is 3.94. The van der Waals surface area contributed by atoms with Crippen molar-refractivity contribution in [2.24, 2.45) is 0 Å². The van der Waals surface area contributed by atoms with Gasteiger partial charge < -0.3 is 10.0 Å². The van der Waals surface area contributed by atoms with Crippen molar-refractivity contribution in [1.29, 1.82) is 0 Å². The molecule has 0 aliphatic heterocycles. The summed E-state index contributed by atoms with van der Waals surface area (Å²) in [4.78, 5) is 17.7. The maximum Gasteiger partial charge on any atom is 0.305 e. The van der Waals surface area contributed by atoms with Gasteiger partial charge in [-0.1, -0.05) is 21.9 Å². The molecule has 0 bridgehead atoms. The van der Waals surface area contributed by atoms with Gasteiger partial charge in [-0.2, -0.15) is 0 Å². The number of terminal acetylenes is 1. The minimum absolute atomic E-state index is 0.105. The van der Waals surface area contributed by atoms with Crippen LogP contribution >= 0.6 is 15.9 Å². The zero-order valence-corrected chi connectivity index (χ0v) is 20.9. The zero-order chi connectivity index (χ0) is 24.3. The number of fused-ring (bicyclic) bond motifs is 1. The average Bonchev–Trinajstić information content (AvgIpc) is 2.71. The molecule has 0 aliphatic rings. The van der Waals surface area contributed by atoms with Gasteiger partial charge in [0.05, 0.1) is 34.8 Å². The number of anilines is 2. The van der Waals surface area contributed by atoms with E-state index in [1.54, 1.807) is 68.3 Å². The van der Waals surface area contributed by atoms with E-state index in [4.69, 9.17) is 6.42 Å². The van der Waals surface area contributed by atoms with Crippen molar-refractivity contribution in [2.45, 2.75) is 38.1 Å². The van der Waals surface area contributed by atoms with E-state index in [-0.39, 0.29) is 23.9 Å². The third kappa shape index (κ3) is 5.29. The first kappa shape index (κ1) is 24.6. The Morgan fingerprint density at radius 1 is 1.27 bits per heavy atom. The number of carboxylic acid groups (broad SMARTS) is 1. The summed E-state index contributed by atoms with van der Waals surface area (Å²) in [7, 11) is -3.88. The van der Waals surface area contributed by atoms with Crippen LogP contribution < -0.4 is 9.62 Å². The second-order valence-corrected chi connectivity index (χ2v) is 10.3. The molecule has 1 aromatic heterocycles. The van der Waals surface area contributed by atoms with Gasteiger partial charge in [-0.15, -0.1) is 6.42 Å². The van der Waals surface area contributed by atoms with E-state index in [0.717, 1.165) is 4.47 Å². The van der Waals surface area contributed by atoms with Crippen molar-refractivity contribution < 1.29 is 18.3 Å². The van der Waals surface area contributed by atoms with Gasteiger partial charge in [0.25, 0.3) is 10.0 Å². The molecule has 9 heteroatoms. The molecule has 2 aromatic carbocycles. The maximum atomic E-state index is 13.3. The summed E-state index contributed by atoms with van der Waals surface area (Å²) in [5.41, 5.74) is 2.77. The molecule has 0 amide bonds. The Balaban J connectivity index is 2.11. The molecule has 3 rings (SSSR count). The fourth-order valence-corrected chi connectivity index (χ4v) is 6.16. The molecule has 33 heavy (non-hydrogen) atoms. The molecule has 172 valence electrons. The van der Waals surface area contributed by atoms with E-state index >= 15 is 0 Å². The number of halogens is 1. The maximum absolute atomic E-state index is 13.3.